The van der Waals surface area contributed by atoms with E-state index in [2.05, 4.69) is 0 Å². The summed E-state index contributed by atoms with van der Waals surface area (Å²) in [6, 6.07) is 4.39. The monoisotopic (exact) mass is 241 g/mol. The van der Waals surface area contributed by atoms with Crippen LogP contribution >= 0.6 is 12.2 Å². The molecule has 0 bridgehead atoms. The maximum Gasteiger partial charge on any atom is 0.123 e. The van der Waals surface area contributed by atoms with Crippen LogP contribution in [0.3, 0.4) is 0 Å². The summed E-state index contributed by atoms with van der Waals surface area (Å²) in [5.74, 6) is 0.347. The number of thiocarbonyl (C=S) groups is 1. The summed E-state index contributed by atoms with van der Waals surface area (Å²) in [4.78, 5) is 0.360. The Bertz CT molecular complexity index is 393. The molecule has 0 amide bonds. The van der Waals surface area contributed by atoms with Crippen molar-refractivity contribution in [3.63, 3.8) is 0 Å². The van der Waals surface area contributed by atoms with Crippen LogP contribution in [0, 0.1) is 11.7 Å². The van der Waals surface area contributed by atoms with Crippen LogP contribution in [-0.4, -0.2) is 12.1 Å². The summed E-state index contributed by atoms with van der Waals surface area (Å²) in [6.07, 6.45) is 0. The molecule has 0 radical (unpaired) electrons. The molecular weight excluding hydrogens is 225 g/mol. The SMILES string of the molecule is COc1ccc(F)cc1C(C(N)=S)C(C)C. The molecule has 1 atom stereocenters. The smallest absolute Gasteiger partial charge is 0.123 e. The van der Waals surface area contributed by atoms with E-state index in [-0.39, 0.29) is 17.7 Å². The maximum atomic E-state index is 13.2. The first kappa shape index (κ1) is 12.9. The minimum Gasteiger partial charge on any atom is -0.496 e. The van der Waals surface area contributed by atoms with E-state index in [9.17, 15) is 4.39 Å². The zero-order chi connectivity index (χ0) is 12.3. The van der Waals surface area contributed by atoms with E-state index in [1.54, 1.807) is 13.2 Å². The molecule has 4 heteroatoms. The number of halogens is 1. The fraction of sp³-hybridized carbons (Fsp3) is 0.417. The maximum absolute atomic E-state index is 13.2. The van der Waals surface area contributed by atoms with E-state index in [1.807, 2.05) is 13.8 Å². The first-order chi connectivity index (χ1) is 7.47. The number of ether oxygens (including phenoxy) is 1. The second-order valence-corrected chi connectivity index (χ2v) is 4.48. The van der Waals surface area contributed by atoms with Crippen LogP contribution in [0.4, 0.5) is 4.39 Å². The van der Waals surface area contributed by atoms with Gasteiger partial charge < -0.3 is 10.5 Å². The third-order valence-corrected chi connectivity index (χ3v) is 2.75. The Kier molecular flexibility index (Phi) is 4.24. The highest BCUT2D eigenvalue weighted by Gasteiger charge is 2.22. The zero-order valence-corrected chi connectivity index (χ0v) is 10.5. The average molecular weight is 241 g/mol. The fourth-order valence-electron chi connectivity index (χ4n) is 1.79. The van der Waals surface area contributed by atoms with Crippen molar-refractivity contribution in [3.05, 3.63) is 29.6 Å². The van der Waals surface area contributed by atoms with Gasteiger partial charge in [0.2, 0.25) is 0 Å². The molecule has 0 spiro atoms. The highest BCUT2D eigenvalue weighted by atomic mass is 32.1. The second-order valence-electron chi connectivity index (χ2n) is 4.01. The molecule has 0 heterocycles. The Morgan fingerprint density at radius 2 is 2.06 bits per heavy atom. The van der Waals surface area contributed by atoms with Crippen LogP contribution in [0.25, 0.3) is 0 Å². The van der Waals surface area contributed by atoms with Crippen molar-refractivity contribution in [1.29, 1.82) is 0 Å². The molecule has 1 aromatic carbocycles. The van der Waals surface area contributed by atoms with Crippen molar-refractivity contribution in [2.45, 2.75) is 19.8 Å². The van der Waals surface area contributed by atoms with Crippen molar-refractivity contribution < 1.29 is 9.13 Å². The Morgan fingerprint density at radius 3 is 2.50 bits per heavy atom. The van der Waals surface area contributed by atoms with E-state index in [1.165, 1.54) is 12.1 Å². The number of methoxy groups -OCH3 is 1. The molecule has 2 N–H and O–H groups in total. The topological polar surface area (TPSA) is 35.2 Å². The van der Waals surface area contributed by atoms with E-state index in [0.717, 1.165) is 0 Å². The van der Waals surface area contributed by atoms with Crippen LogP contribution < -0.4 is 10.5 Å². The molecule has 0 aliphatic rings. The van der Waals surface area contributed by atoms with Gasteiger partial charge in [0.05, 0.1) is 12.1 Å². The van der Waals surface area contributed by atoms with Crippen LogP contribution in [0.2, 0.25) is 0 Å². The highest BCUT2D eigenvalue weighted by molar-refractivity contribution is 7.80. The van der Waals surface area contributed by atoms with Crippen LogP contribution in [0.5, 0.6) is 5.75 Å². The number of hydrogen-bond acceptors (Lipinski definition) is 2. The van der Waals surface area contributed by atoms with Gasteiger partial charge in [-0.1, -0.05) is 26.1 Å². The van der Waals surface area contributed by atoms with E-state index >= 15 is 0 Å². The van der Waals surface area contributed by atoms with E-state index < -0.39 is 0 Å². The third-order valence-electron chi connectivity index (χ3n) is 2.50. The Balaban J connectivity index is 3.26. The van der Waals surface area contributed by atoms with Gasteiger partial charge in [-0.25, -0.2) is 4.39 Å². The van der Waals surface area contributed by atoms with Crippen LogP contribution in [0.1, 0.15) is 25.3 Å². The summed E-state index contributed by atoms with van der Waals surface area (Å²) in [5.41, 5.74) is 6.41. The van der Waals surface area contributed by atoms with Gasteiger partial charge in [0.1, 0.15) is 11.6 Å². The summed E-state index contributed by atoms with van der Waals surface area (Å²) in [6.45, 7) is 3.99. The normalized spacial score (nSPS) is 12.6. The standard InChI is InChI=1S/C12H16FNOS/c1-7(2)11(12(14)16)9-6-8(13)4-5-10(9)15-3/h4-7,11H,1-3H3,(H2,14,16). The van der Waals surface area contributed by atoms with Crippen LogP contribution in [0.15, 0.2) is 18.2 Å². The van der Waals surface area contributed by atoms with Crippen molar-refractivity contribution >= 4 is 17.2 Å². The van der Waals surface area contributed by atoms with Gasteiger partial charge in [0.25, 0.3) is 0 Å². The van der Waals surface area contributed by atoms with E-state index in [4.69, 9.17) is 22.7 Å². The van der Waals surface area contributed by atoms with Crippen molar-refractivity contribution in [3.8, 4) is 5.75 Å². The lowest BCUT2D eigenvalue weighted by Gasteiger charge is -2.22. The molecule has 0 fully saturated rings. The molecule has 0 saturated heterocycles. The number of hydrogen-bond donors (Lipinski definition) is 1. The molecule has 2 nitrogen and oxygen atoms in total. The summed E-state index contributed by atoms with van der Waals surface area (Å²) < 4.78 is 18.4. The molecule has 1 rings (SSSR count). The van der Waals surface area contributed by atoms with Gasteiger partial charge in [0.15, 0.2) is 0 Å². The first-order valence-corrected chi connectivity index (χ1v) is 5.51. The number of nitrogens with two attached hydrogens (primary N) is 1. The van der Waals surface area contributed by atoms with Crippen molar-refractivity contribution in [1.82, 2.24) is 0 Å². The van der Waals surface area contributed by atoms with Gasteiger partial charge in [-0.3, -0.25) is 0 Å². The molecule has 1 unspecified atom stereocenters. The van der Waals surface area contributed by atoms with Crippen molar-refractivity contribution in [2.24, 2.45) is 11.7 Å². The molecule has 0 aliphatic heterocycles. The molecule has 0 aromatic heterocycles. The summed E-state index contributed by atoms with van der Waals surface area (Å²) in [7, 11) is 1.55. The Morgan fingerprint density at radius 1 is 1.44 bits per heavy atom. The van der Waals surface area contributed by atoms with Crippen molar-refractivity contribution in [2.75, 3.05) is 7.11 Å². The largest absolute Gasteiger partial charge is 0.496 e. The van der Waals surface area contributed by atoms with Gasteiger partial charge in [0, 0.05) is 11.5 Å². The number of benzene rings is 1. The lowest BCUT2D eigenvalue weighted by atomic mass is 9.88. The molecular formula is C12H16FNOS. The Labute approximate surface area is 101 Å². The van der Waals surface area contributed by atoms with Crippen LogP contribution in [-0.2, 0) is 0 Å². The number of rotatable bonds is 4. The molecule has 88 valence electrons. The second kappa shape index (κ2) is 5.25. The van der Waals surface area contributed by atoms with Gasteiger partial charge in [-0.2, -0.15) is 0 Å². The lowest BCUT2D eigenvalue weighted by Crippen LogP contribution is -2.24. The van der Waals surface area contributed by atoms with E-state index in [0.29, 0.717) is 16.3 Å². The zero-order valence-electron chi connectivity index (χ0n) is 9.66. The molecule has 0 saturated carbocycles. The first-order valence-electron chi connectivity index (χ1n) is 5.10. The predicted octanol–water partition coefficient (Wildman–Crippen LogP) is 2.86. The van der Waals surface area contributed by atoms with Gasteiger partial charge in [-0.05, 0) is 24.1 Å². The molecule has 16 heavy (non-hydrogen) atoms. The minimum absolute atomic E-state index is 0.166. The lowest BCUT2D eigenvalue weighted by molar-refractivity contribution is 0.403. The predicted molar refractivity (Wildman–Crippen MR) is 67.3 cm³/mol. The molecule has 0 aliphatic carbocycles. The summed E-state index contributed by atoms with van der Waals surface area (Å²) in [5, 5.41) is 0. The minimum atomic E-state index is -0.308. The fourth-order valence-corrected chi connectivity index (χ4v) is 2.19. The average Bonchev–Trinajstić information content (AvgIpc) is 2.17. The van der Waals surface area contributed by atoms with Gasteiger partial charge in [-0.15, -0.1) is 0 Å². The quantitative estimate of drug-likeness (QED) is 0.823. The molecule has 1 aromatic rings. The van der Waals surface area contributed by atoms with Gasteiger partial charge >= 0.3 is 0 Å². The Hall–Kier alpha value is -1.16. The third kappa shape index (κ3) is 2.70. The highest BCUT2D eigenvalue weighted by Crippen LogP contribution is 2.32. The summed E-state index contributed by atoms with van der Waals surface area (Å²) >= 11 is 5.03.